The Morgan fingerprint density at radius 2 is 1.95 bits per heavy atom. The molecule has 2 heterocycles. The number of anilines is 1. The normalized spacial score (nSPS) is 17.4. The molecule has 3 rings (SSSR count). The standard InChI is InChI=1S/C13H11BrN4O/c1-7-10(8-2-4-9(14)5-3-8)18-11-12(15)16-6-17-13(11)19-7/h2-7H,1H3,(H2,15,16,17). The topological polar surface area (TPSA) is 73.4 Å². The smallest absolute Gasteiger partial charge is 0.246 e. The summed E-state index contributed by atoms with van der Waals surface area (Å²) >= 11 is 3.41. The van der Waals surface area contributed by atoms with E-state index < -0.39 is 0 Å². The van der Waals surface area contributed by atoms with Gasteiger partial charge in [-0.05, 0) is 24.6 Å². The van der Waals surface area contributed by atoms with Crippen molar-refractivity contribution in [2.75, 3.05) is 5.73 Å². The van der Waals surface area contributed by atoms with Crippen molar-refractivity contribution in [3.63, 3.8) is 0 Å². The van der Waals surface area contributed by atoms with Crippen molar-refractivity contribution in [1.82, 2.24) is 9.97 Å². The molecule has 0 saturated heterocycles. The number of aliphatic imine (C=N–C) groups is 1. The van der Waals surface area contributed by atoms with Gasteiger partial charge in [-0.25, -0.2) is 9.98 Å². The summed E-state index contributed by atoms with van der Waals surface area (Å²) in [6, 6.07) is 7.89. The van der Waals surface area contributed by atoms with Crippen LogP contribution in [0.2, 0.25) is 0 Å². The van der Waals surface area contributed by atoms with Crippen LogP contribution < -0.4 is 10.5 Å². The molecule has 0 saturated carbocycles. The van der Waals surface area contributed by atoms with E-state index in [1.165, 1.54) is 6.33 Å². The van der Waals surface area contributed by atoms with Crippen molar-refractivity contribution in [3.05, 3.63) is 40.6 Å². The lowest BCUT2D eigenvalue weighted by molar-refractivity contribution is 0.272. The van der Waals surface area contributed by atoms with Crippen LogP contribution >= 0.6 is 15.9 Å². The molecular weight excluding hydrogens is 308 g/mol. The first-order valence-electron chi connectivity index (χ1n) is 5.77. The Labute approximate surface area is 118 Å². The molecule has 1 aromatic heterocycles. The molecular formula is C13H11BrN4O. The summed E-state index contributed by atoms with van der Waals surface area (Å²) in [7, 11) is 0. The average molecular weight is 319 g/mol. The molecule has 0 radical (unpaired) electrons. The maximum atomic E-state index is 5.81. The zero-order valence-electron chi connectivity index (χ0n) is 10.2. The highest BCUT2D eigenvalue weighted by molar-refractivity contribution is 9.10. The number of fused-ring (bicyclic) bond motifs is 1. The predicted octanol–water partition coefficient (Wildman–Crippen LogP) is 2.72. The molecule has 1 aliphatic heterocycles. The lowest BCUT2D eigenvalue weighted by atomic mass is 10.1. The van der Waals surface area contributed by atoms with Gasteiger partial charge >= 0.3 is 0 Å². The molecule has 0 aliphatic carbocycles. The van der Waals surface area contributed by atoms with Gasteiger partial charge in [0.15, 0.2) is 11.5 Å². The third-order valence-corrected chi connectivity index (χ3v) is 3.39. The number of rotatable bonds is 1. The lowest BCUT2D eigenvalue weighted by Crippen LogP contribution is -2.28. The quantitative estimate of drug-likeness (QED) is 0.877. The van der Waals surface area contributed by atoms with Crippen LogP contribution in [0.25, 0.3) is 0 Å². The van der Waals surface area contributed by atoms with Crippen molar-refractivity contribution < 1.29 is 4.74 Å². The third kappa shape index (κ3) is 2.19. The third-order valence-electron chi connectivity index (χ3n) is 2.86. The van der Waals surface area contributed by atoms with Crippen molar-refractivity contribution in [2.45, 2.75) is 13.0 Å². The van der Waals surface area contributed by atoms with Gasteiger partial charge in [-0.2, -0.15) is 4.98 Å². The van der Waals surface area contributed by atoms with E-state index in [9.17, 15) is 0 Å². The molecule has 1 atom stereocenters. The van der Waals surface area contributed by atoms with Gasteiger partial charge in [0.25, 0.3) is 0 Å². The van der Waals surface area contributed by atoms with E-state index in [2.05, 4.69) is 30.9 Å². The maximum Gasteiger partial charge on any atom is 0.246 e. The van der Waals surface area contributed by atoms with Crippen molar-refractivity contribution in [1.29, 1.82) is 0 Å². The van der Waals surface area contributed by atoms with Crippen LogP contribution in [0, 0.1) is 0 Å². The lowest BCUT2D eigenvalue weighted by Gasteiger charge is -2.22. The Bertz CT molecular complexity index is 654. The van der Waals surface area contributed by atoms with Gasteiger partial charge in [0, 0.05) is 4.47 Å². The number of benzene rings is 1. The van der Waals surface area contributed by atoms with Crippen LogP contribution in [0.4, 0.5) is 11.5 Å². The fourth-order valence-electron chi connectivity index (χ4n) is 1.92. The molecule has 6 heteroatoms. The SMILES string of the molecule is CC1Oc2ncnc(N)c2N=C1c1ccc(Br)cc1. The summed E-state index contributed by atoms with van der Waals surface area (Å²) in [4.78, 5) is 12.5. The molecule has 19 heavy (non-hydrogen) atoms. The Morgan fingerprint density at radius 3 is 2.68 bits per heavy atom. The monoisotopic (exact) mass is 318 g/mol. The van der Waals surface area contributed by atoms with Crippen molar-refractivity contribution in [3.8, 4) is 5.88 Å². The Balaban J connectivity index is 2.11. The fourth-order valence-corrected chi connectivity index (χ4v) is 2.19. The van der Waals surface area contributed by atoms with Crippen LogP contribution in [0.3, 0.4) is 0 Å². The summed E-state index contributed by atoms with van der Waals surface area (Å²) in [6.07, 6.45) is 1.20. The zero-order valence-corrected chi connectivity index (χ0v) is 11.8. The van der Waals surface area contributed by atoms with Crippen molar-refractivity contribution >= 4 is 33.1 Å². The van der Waals surface area contributed by atoms with Gasteiger partial charge in [0.05, 0.1) is 5.71 Å². The van der Waals surface area contributed by atoms with Gasteiger partial charge < -0.3 is 10.5 Å². The number of hydrogen-bond donors (Lipinski definition) is 1. The van der Waals surface area contributed by atoms with Crippen LogP contribution in [0.1, 0.15) is 12.5 Å². The second-order valence-electron chi connectivity index (χ2n) is 4.18. The van der Waals surface area contributed by atoms with Gasteiger partial charge in [-0.1, -0.05) is 28.1 Å². The van der Waals surface area contributed by atoms with Crippen LogP contribution in [0.15, 0.2) is 40.1 Å². The van der Waals surface area contributed by atoms with E-state index in [-0.39, 0.29) is 6.10 Å². The van der Waals surface area contributed by atoms with E-state index in [1.807, 2.05) is 31.2 Å². The molecule has 1 aromatic carbocycles. The van der Waals surface area contributed by atoms with Gasteiger partial charge in [0.2, 0.25) is 5.88 Å². The molecule has 2 aromatic rings. The number of nitrogens with two attached hydrogens (primary N) is 1. The van der Waals surface area contributed by atoms with Crippen LogP contribution in [-0.4, -0.2) is 21.8 Å². The summed E-state index contributed by atoms with van der Waals surface area (Å²) < 4.78 is 6.75. The highest BCUT2D eigenvalue weighted by Gasteiger charge is 2.24. The number of aromatic nitrogens is 2. The second kappa shape index (κ2) is 4.62. The van der Waals surface area contributed by atoms with E-state index in [0.29, 0.717) is 17.4 Å². The summed E-state index contributed by atoms with van der Waals surface area (Å²) in [6.45, 7) is 1.93. The molecule has 1 unspecified atom stereocenters. The number of halogens is 1. The van der Waals surface area contributed by atoms with Crippen molar-refractivity contribution in [2.24, 2.45) is 4.99 Å². The zero-order chi connectivity index (χ0) is 13.4. The number of nitrogens with zero attached hydrogens (tertiary/aromatic N) is 3. The van der Waals surface area contributed by atoms with E-state index in [4.69, 9.17) is 10.5 Å². The first kappa shape index (κ1) is 12.1. The molecule has 96 valence electrons. The minimum Gasteiger partial charge on any atom is -0.466 e. The first-order valence-corrected chi connectivity index (χ1v) is 6.56. The average Bonchev–Trinajstić information content (AvgIpc) is 2.40. The maximum absolute atomic E-state index is 5.81. The fraction of sp³-hybridized carbons (Fsp3) is 0.154. The van der Waals surface area contributed by atoms with Crippen LogP contribution in [0.5, 0.6) is 5.88 Å². The summed E-state index contributed by atoms with van der Waals surface area (Å²) in [5.41, 5.74) is 8.12. The Morgan fingerprint density at radius 1 is 1.21 bits per heavy atom. The molecule has 1 aliphatic rings. The molecule has 0 amide bonds. The second-order valence-corrected chi connectivity index (χ2v) is 5.09. The highest BCUT2D eigenvalue weighted by atomic mass is 79.9. The number of hydrogen-bond acceptors (Lipinski definition) is 5. The first-order chi connectivity index (χ1) is 9.15. The Kier molecular flexibility index (Phi) is 2.94. The molecule has 0 bridgehead atoms. The molecule has 0 spiro atoms. The Hall–Kier alpha value is -1.95. The summed E-state index contributed by atoms with van der Waals surface area (Å²) in [5, 5.41) is 0. The molecule has 2 N–H and O–H groups in total. The van der Waals surface area contributed by atoms with E-state index in [0.717, 1.165) is 15.7 Å². The predicted molar refractivity (Wildman–Crippen MR) is 76.9 cm³/mol. The number of ether oxygens (including phenoxy) is 1. The largest absolute Gasteiger partial charge is 0.466 e. The van der Waals surface area contributed by atoms with E-state index >= 15 is 0 Å². The van der Waals surface area contributed by atoms with E-state index in [1.54, 1.807) is 0 Å². The molecule has 5 nitrogen and oxygen atoms in total. The minimum atomic E-state index is -0.178. The summed E-state index contributed by atoms with van der Waals surface area (Å²) in [5.74, 6) is 0.757. The minimum absolute atomic E-state index is 0.178. The van der Waals surface area contributed by atoms with Gasteiger partial charge in [-0.3, -0.25) is 0 Å². The van der Waals surface area contributed by atoms with Gasteiger partial charge in [-0.15, -0.1) is 0 Å². The number of nitrogen functional groups attached to an aromatic ring is 1. The molecule has 0 fully saturated rings. The highest BCUT2D eigenvalue weighted by Crippen LogP contribution is 2.35. The van der Waals surface area contributed by atoms with Crippen LogP contribution in [-0.2, 0) is 0 Å². The van der Waals surface area contributed by atoms with Gasteiger partial charge in [0.1, 0.15) is 12.4 Å².